The first-order valence-electron chi connectivity index (χ1n) is 10.3. The summed E-state index contributed by atoms with van der Waals surface area (Å²) in [4.78, 5) is 31.2. The maximum Gasteiger partial charge on any atom is 0.416 e. The van der Waals surface area contributed by atoms with Crippen molar-refractivity contribution in [2.24, 2.45) is 0 Å². The number of nitrogens with zero attached hydrogens (tertiary/aromatic N) is 5. The molecule has 1 aromatic carbocycles. The maximum atomic E-state index is 13.0. The molecule has 0 spiro atoms. The molecule has 2 amide bonds. The standard InChI is InChI=1S/C21H24F3N5O2/c1-2-26-6-8-27(9-7-26)19(30)17-13-18-20(31)28(10-11-29(18)25-17)14-15-4-3-5-16(12-15)21(22,23)24/h3-5,12-13H,2,6-11,14H2,1H3. The molecule has 31 heavy (non-hydrogen) atoms. The lowest BCUT2D eigenvalue weighted by atomic mass is 10.1. The molecule has 0 atom stereocenters. The number of aromatic nitrogens is 2. The van der Waals surface area contributed by atoms with Crippen LogP contribution in [0, 0.1) is 0 Å². The Hall–Kier alpha value is -2.88. The quantitative estimate of drug-likeness (QED) is 0.740. The second kappa shape index (κ2) is 8.33. The van der Waals surface area contributed by atoms with E-state index in [-0.39, 0.29) is 29.7 Å². The van der Waals surface area contributed by atoms with Crippen molar-refractivity contribution < 1.29 is 22.8 Å². The topological polar surface area (TPSA) is 61.7 Å². The summed E-state index contributed by atoms with van der Waals surface area (Å²) in [5, 5.41) is 4.32. The molecule has 1 fully saturated rings. The highest BCUT2D eigenvalue weighted by Crippen LogP contribution is 2.30. The molecule has 2 aliphatic rings. The molecule has 7 nitrogen and oxygen atoms in total. The third-order valence-corrected chi connectivity index (χ3v) is 5.82. The van der Waals surface area contributed by atoms with Gasteiger partial charge in [0.2, 0.25) is 0 Å². The summed E-state index contributed by atoms with van der Waals surface area (Å²) in [5.41, 5.74) is 0.180. The van der Waals surface area contributed by atoms with Gasteiger partial charge in [0.1, 0.15) is 5.69 Å². The van der Waals surface area contributed by atoms with E-state index in [0.717, 1.165) is 31.8 Å². The molecular weight excluding hydrogens is 411 g/mol. The highest BCUT2D eigenvalue weighted by molar-refractivity contribution is 5.98. The second-order valence-corrected chi connectivity index (χ2v) is 7.79. The number of rotatable bonds is 4. The van der Waals surface area contributed by atoms with Crippen molar-refractivity contribution in [3.05, 3.63) is 52.8 Å². The summed E-state index contributed by atoms with van der Waals surface area (Å²) in [5.74, 6) is -0.541. The number of alkyl halides is 3. The fourth-order valence-electron chi connectivity index (χ4n) is 3.99. The number of hydrogen-bond acceptors (Lipinski definition) is 4. The van der Waals surface area contributed by atoms with Crippen LogP contribution in [0.15, 0.2) is 30.3 Å². The highest BCUT2D eigenvalue weighted by Gasteiger charge is 2.32. The first kappa shape index (κ1) is 21.4. The smallest absolute Gasteiger partial charge is 0.335 e. The van der Waals surface area contributed by atoms with Crippen LogP contribution in [0.1, 0.15) is 39.0 Å². The SMILES string of the molecule is CCN1CCN(C(=O)c2cc3n(n2)CCN(Cc2cccc(C(F)(F)F)c2)C3=O)CC1. The average Bonchev–Trinajstić information content (AvgIpc) is 3.20. The number of likely N-dealkylation sites (N-methyl/N-ethyl adjacent to an activating group) is 1. The van der Waals surface area contributed by atoms with Crippen molar-refractivity contribution >= 4 is 11.8 Å². The lowest BCUT2D eigenvalue weighted by molar-refractivity contribution is -0.137. The molecule has 4 rings (SSSR count). The fourth-order valence-corrected chi connectivity index (χ4v) is 3.99. The lowest BCUT2D eigenvalue weighted by Crippen LogP contribution is -2.48. The summed E-state index contributed by atoms with van der Waals surface area (Å²) in [6.45, 7) is 6.63. The van der Waals surface area contributed by atoms with Crippen molar-refractivity contribution in [1.29, 1.82) is 0 Å². The molecule has 0 bridgehead atoms. The number of benzene rings is 1. The molecule has 2 aliphatic heterocycles. The van der Waals surface area contributed by atoms with Crippen molar-refractivity contribution in [3.8, 4) is 0 Å². The zero-order chi connectivity index (χ0) is 22.2. The Labute approximate surface area is 178 Å². The Morgan fingerprint density at radius 3 is 2.48 bits per heavy atom. The normalized spacial score (nSPS) is 17.7. The Kier molecular flexibility index (Phi) is 5.74. The van der Waals surface area contributed by atoms with Crippen LogP contribution in [0.25, 0.3) is 0 Å². The summed E-state index contributed by atoms with van der Waals surface area (Å²) < 4.78 is 40.4. The van der Waals surface area contributed by atoms with Gasteiger partial charge in [-0.25, -0.2) is 0 Å². The maximum absolute atomic E-state index is 13.0. The highest BCUT2D eigenvalue weighted by atomic mass is 19.4. The largest absolute Gasteiger partial charge is 0.416 e. The van der Waals surface area contributed by atoms with Gasteiger partial charge < -0.3 is 14.7 Å². The number of halogens is 3. The molecule has 2 aromatic rings. The summed E-state index contributed by atoms with van der Waals surface area (Å²) in [6, 6.07) is 6.47. The van der Waals surface area contributed by atoms with Gasteiger partial charge in [-0.05, 0) is 24.2 Å². The summed E-state index contributed by atoms with van der Waals surface area (Å²) in [7, 11) is 0. The van der Waals surface area contributed by atoms with Gasteiger partial charge in [-0.2, -0.15) is 18.3 Å². The molecular formula is C21H24F3N5O2. The third-order valence-electron chi connectivity index (χ3n) is 5.82. The van der Waals surface area contributed by atoms with Crippen LogP contribution >= 0.6 is 0 Å². The van der Waals surface area contributed by atoms with E-state index in [2.05, 4.69) is 16.9 Å². The van der Waals surface area contributed by atoms with Crippen LogP contribution in [0.5, 0.6) is 0 Å². The number of carbonyl (C=O) groups excluding carboxylic acids is 2. The van der Waals surface area contributed by atoms with Crippen molar-refractivity contribution in [1.82, 2.24) is 24.5 Å². The molecule has 1 saturated heterocycles. The fraction of sp³-hybridized carbons (Fsp3) is 0.476. The zero-order valence-corrected chi connectivity index (χ0v) is 17.2. The van der Waals surface area contributed by atoms with Gasteiger partial charge in [0, 0.05) is 45.3 Å². The predicted molar refractivity (Wildman–Crippen MR) is 106 cm³/mol. The Balaban J connectivity index is 1.46. The van der Waals surface area contributed by atoms with Gasteiger partial charge in [0.15, 0.2) is 5.69 Å². The van der Waals surface area contributed by atoms with Crippen LogP contribution in [0.3, 0.4) is 0 Å². The average molecular weight is 435 g/mol. The summed E-state index contributed by atoms with van der Waals surface area (Å²) in [6.07, 6.45) is -4.43. The Morgan fingerprint density at radius 1 is 1.06 bits per heavy atom. The molecule has 3 heterocycles. The van der Waals surface area contributed by atoms with E-state index in [1.54, 1.807) is 11.0 Å². The monoisotopic (exact) mass is 435 g/mol. The second-order valence-electron chi connectivity index (χ2n) is 7.79. The Bertz CT molecular complexity index is 980. The molecule has 1 aromatic heterocycles. The molecule has 0 aliphatic carbocycles. The van der Waals surface area contributed by atoms with Crippen LogP contribution in [-0.4, -0.2) is 75.6 Å². The van der Waals surface area contributed by atoms with Gasteiger partial charge in [-0.3, -0.25) is 14.3 Å². The lowest BCUT2D eigenvalue weighted by Gasteiger charge is -2.33. The number of carbonyl (C=O) groups is 2. The third kappa shape index (κ3) is 4.43. The van der Waals surface area contributed by atoms with E-state index in [1.807, 2.05) is 0 Å². The zero-order valence-electron chi connectivity index (χ0n) is 17.2. The van der Waals surface area contributed by atoms with E-state index in [1.165, 1.54) is 21.7 Å². The molecule has 0 unspecified atom stereocenters. The number of amides is 2. The van der Waals surface area contributed by atoms with E-state index in [4.69, 9.17) is 0 Å². The van der Waals surface area contributed by atoms with Gasteiger partial charge >= 0.3 is 6.18 Å². The Morgan fingerprint density at radius 2 is 1.81 bits per heavy atom. The predicted octanol–water partition coefficient (Wildman–Crippen LogP) is 2.34. The first-order valence-corrected chi connectivity index (χ1v) is 10.3. The van der Waals surface area contributed by atoms with E-state index < -0.39 is 11.7 Å². The minimum atomic E-state index is -4.43. The minimum Gasteiger partial charge on any atom is -0.335 e. The van der Waals surface area contributed by atoms with Gasteiger partial charge in [0.25, 0.3) is 11.8 Å². The van der Waals surface area contributed by atoms with Crippen LogP contribution in [-0.2, 0) is 19.3 Å². The molecule has 10 heteroatoms. The number of fused-ring (bicyclic) bond motifs is 1. The van der Waals surface area contributed by atoms with Crippen LogP contribution in [0.2, 0.25) is 0 Å². The molecule has 166 valence electrons. The van der Waals surface area contributed by atoms with Crippen molar-refractivity contribution in [2.45, 2.75) is 26.2 Å². The van der Waals surface area contributed by atoms with E-state index in [9.17, 15) is 22.8 Å². The number of piperazine rings is 1. The van der Waals surface area contributed by atoms with Crippen LogP contribution in [0.4, 0.5) is 13.2 Å². The molecule has 0 saturated carbocycles. The van der Waals surface area contributed by atoms with E-state index >= 15 is 0 Å². The summed E-state index contributed by atoms with van der Waals surface area (Å²) >= 11 is 0. The van der Waals surface area contributed by atoms with E-state index in [0.29, 0.717) is 31.7 Å². The molecule has 0 radical (unpaired) electrons. The number of hydrogen-bond donors (Lipinski definition) is 0. The molecule has 0 N–H and O–H groups in total. The van der Waals surface area contributed by atoms with Gasteiger partial charge in [0.05, 0.1) is 12.1 Å². The van der Waals surface area contributed by atoms with Crippen molar-refractivity contribution in [3.63, 3.8) is 0 Å². The van der Waals surface area contributed by atoms with Crippen LogP contribution < -0.4 is 0 Å². The van der Waals surface area contributed by atoms with Gasteiger partial charge in [-0.15, -0.1) is 0 Å². The first-order chi connectivity index (χ1) is 14.8. The minimum absolute atomic E-state index is 0.0657. The van der Waals surface area contributed by atoms with Crippen molar-refractivity contribution in [2.75, 3.05) is 39.3 Å². The van der Waals surface area contributed by atoms with Gasteiger partial charge in [-0.1, -0.05) is 19.1 Å².